The molecule has 0 aliphatic carbocycles. The van der Waals surface area contributed by atoms with Gasteiger partial charge in [0.05, 0.1) is 26.4 Å². The largest absolute Gasteiger partial charge is 0.382 e. The summed E-state index contributed by atoms with van der Waals surface area (Å²) in [6.45, 7) is 1.89. The molecule has 2 rings (SSSR count). The minimum atomic E-state index is -0.521. The van der Waals surface area contributed by atoms with Crippen LogP contribution in [0.15, 0.2) is 60.7 Å². The minimum absolute atomic E-state index is 0.0545. The van der Waals surface area contributed by atoms with Crippen molar-refractivity contribution in [2.45, 2.75) is 37.1 Å². The maximum absolute atomic E-state index is 6.67. The van der Waals surface area contributed by atoms with Gasteiger partial charge in [0.2, 0.25) is 0 Å². The molecule has 0 unspecified atom stereocenters. The van der Waals surface area contributed by atoms with E-state index in [1.54, 1.807) is 14.2 Å². The maximum atomic E-state index is 6.67. The Labute approximate surface area is 203 Å². The number of nitrogens with two attached hydrogens (primary N) is 2. The lowest BCUT2D eigenvalue weighted by Crippen LogP contribution is -2.55. The molecule has 0 bridgehead atoms. The molecule has 0 saturated carbocycles. The molecule has 0 heterocycles. The van der Waals surface area contributed by atoms with Crippen LogP contribution in [0.2, 0.25) is 0 Å². The predicted molar refractivity (Wildman–Crippen MR) is 131 cm³/mol. The second-order valence-corrected chi connectivity index (χ2v) is 8.01. The maximum Gasteiger partial charge on any atom is 0.147 e. The van der Waals surface area contributed by atoms with Crippen molar-refractivity contribution < 1.29 is 28.4 Å². The Morgan fingerprint density at radius 3 is 1.32 bits per heavy atom. The first kappa shape index (κ1) is 28.4. The number of benzene rings is 2. The normalized spacial score (nSPS) is 15.1. The molecule has 0 fully saturated rings. The zero-order valence-corrected chi connectivity index (χ0v) is 20.3. The van der Waals surface area contributed by atoms with Gasteiger partial charge in [-0.05, 0) is 24.0 Å². The average Bonchev–Trinajstić information content (AvgIpc) is 2.85. The quantitative estimate of drug-likeness (QED) is 0.235. The number of hydrogen-bond acceptors (Lipinski definition) is 8. The van der Waals surface area contributed by atoms with Crippen molar-refractivity contribution >= 4 is 0 Å². The van der Waals surface area contributed by atoms with Crippen LogP contribution in [0.1, 0.15) is 11.1 Å². The van der Waals surface area contributed by atoms with Crippen LogP contribution in [0.4, 0.5) is 0 Å². The summed E-state index contributed by atoms with van der Waals surface area (Å²) in [7, 11) is 3.25. The molecule has 0 aliphatic rings. The monoisotopic (exact) mass is 476 g/mol. The SMILES string of the molecule is COCCOCO[C@H]([C@@H](OCOCCOC)[C@H](N)Cc1ccccc1)[C@H](N)Cc1ccccc1. The summed E-state index contributed by atoms with van der Waals surface area (Å²) < 4.78 is 33.5. The molecule has 2 aromatic rings. The Bertz CT molecular complexity index is 673. The van der Waals surface area contributed by atoms with E-state index in [0.29, 0.717) is 39.3 Å². The fraction of sp³-hybridized carbons (Fsp3) is 0.538. The number of rotatable bonds is 19. The Kier molecular flexibility index (Phi) is 14.6. The van der Waals surface area contributed by atoms with E-state index in [0.717, 1.165) is 11.1 Å². The first-order valence-electron chi connectivity index (χ1n) is 11.6. The highest BCUT2D eigenvalue weighted by molar-refractivity contribution is 5.18. The Hall–Kier alpha value is -1.88. The first-order valence-corrected chi connectivity index (χ1v) is 11.6. The Morgan fingerprint density at radius 1 is 0.588 bits per heavy atom. The Morgan fingerprint density at radius 2 is 0.971 bits per heavy atom. The number of methoxy groups -OCH3 is 2. The van der Waals surface area contributed by atoms with Crippen molar-refractivity contribution in [3.05, 3.63) is 71.8 Å². The van der Waals surface area contributed by atoms with Crippen LogP contribution in [0.3, 0.4) is 0 Å². The van der Waals surface area contributed by atoms with Crippen molar-refractivity contribution in [2.24, 2.45) is 11.5 Å². The van der Waals surface area contributed by atoms with Crippen LogP contribution in [-0.2, 0) is 41.3 Å². The zero-order chi connectivity index (χ0) is 24.4. The van der Waals surface area contributed by atoms with Crippen molar-refractivity contribution in [3.63, 3.8) is 0 Å². The molecular formula is C26H40N2O6. The van der Waals surface area contributed by atoms with Crippen LogP contribution >= 0.6 is 0 Å². The van der Waals surface area contributed by atoms with Crippen LogP contribution < -0.4 is 11.5 Å². The topological polar surface area (TPSA) is 107 Å². The van der Waals surface area contributed by atoms with Crippen LogP contribution in [0.5, 0.6) is 0 Å². The summed E-state index contributed by atoms with van der Waals surface area (Å²) >= 11 is 0. The summed E-state index contributed by atoms with van der Waals surface area (Å²) in [4.78, 5) is 0. The van der Waals surface area contributed by atoms with E-state index >= 15 is 0 Å². The summed E-state index contributed by atoms with van der Waals surface area (Å²) in [6, 6.07) is 19.3. The molecule has 0 radical (unpaired) electrons. The van der Waals surface area contributed by atoms with Crippen LogP contribution in [-0.4, -0.2) is 78.5 Å². The second kappa shape index (κ2) is 17.5. The molecule has 0 amide bonds. The van der Waals surface area contributed by atoms with Crippen molar-refractivity contribution in [2.75, 3.05) is 54.2 Å². The van der Waals surface area contributed by atoms with Gasteiger partial charge >= 0.3 is 0 Å². The molecule has 4 N–H and O–H groups in total. The highest BCUT2D eigenvalue weighted by Gasteiger charge is 2.34. The lowest BCUT2D eigenvalue weighted by Gasteiger charge is -2.35. The second-order valence-electron chi connectivity index (χ2n) is 8.01. The highest BCUT2D eigenvalue weighted by Crippen LogP contribution is 2.18. The van der Waals surface area contributed by atoms with E-state index in [-0.39, 0.29) is 25.7 Å². The van der Waals surface area contributed by atoms with Crippen molar-refractivity contribution in [3.8, 4) is 0 Å². The summed E-state index contributed by atoms with van der Waals surface area (Å²) in [5.41, 5.74) is 15.6. The van der Waals surface area contributed by atoms with Gasteiger partial charge in [0, 0.05) is 26.3 Å². The number of hydrogen-bond donors (Lipinski definition) is 2. The van der Waals surface area contributed by atoms with E-state index in [1.165, 1.54) is 0 Å². The van der Waals surface area contributed by atoms with E-state index in [4.69, 9.17) is 39.9 Å². The summed E-state index contributed by atoms with van der Waals surface area (Å²) in [6.07, 6.45) is 0.165. The van der Waals surface area contributed by atoms with E-state index in [2.05, 4.69) is 0 Å². The van der Waals surface area contributed by atoms with E-state index in [9.17, 15) is 0 Å². The van der Waals surface area contributed by atoms with Gasteiger partial charge in [0.1, 0.15) is 25.8 Å². The third kappa shape index (κ3) is 11.0. The third-order valence-electron chi connectivity index (χ3n) is 5.35. The van der Waals surface area contributed by atoms with E-state index in [1.807, 2.05) is 60.7 Å². The van der Waals surface area contributed by atoms with Crippen molar-refractivity contribution in [1.29, 1.82) is 0 Å². The highest BCUT2D eigenvalue weighted by atomic mass is 16.7. The van der Waals surface area contributed by atoms with Gasteiger partial charge in [-0.15, -0.1) is 0 Å². The molecule has 0 aromatic heterocycles. The lowest BCUT2D eigenvalue weighted by molar-refractivity contribution is -0.181. The molecular weight excluding hydrogens is 436 g/mol. The number of ether oxygens (including phenoxy) is 6. The van der Waals surface area contributed by atoms with Crippen LogP contribution in [0, 0.1) is 0 Å². The van der Waals surface area contributed by atoms with Gasteiger partial charge in [-0.2, -0.15) is 0 Å². The first-order chi connectivity index (χ1) is 16.7. The smallest absolute Gasteiger partial charge is 0.147 e. The average molecular weight is 477 g/mol. The third-order valence-corrected chi connectivity index (χ3v) is 5.35. The molecule has 8 heteroatoms. The molecule has 2 aromatic carbocycles. The molecule has 0 aliphatic heterocycles. The molecule has 190 valence electrons. The standard InChI is InChI=1S/C26H40N2O6/c1-29-13-15-31-19-33-25(23(27)17-21-9-5-3-6-10-21)26(34-20-32-16-14-30-2)24(28)18-22-11-7-4-8-12-22/h3-12,23-26H,13-20,27-28H2,1-2H3/t23-,24-,25+,26+/m1/s1. The fourth-order valence-corrected chi connectivity index (χ4v) is 3.58. The molecule has 4 atom stereocenters. The van der Waals surface area contributed by atoms with Gasteiger partial charge in [-0.1, -0.05) is 60.7 Å². The van der Waals surface area contributed by atoms with Gasteiger partial charge in [0.25, 0.3) is 0 Å². The molecule has 34 heavy (non-hydrogen) atoms. The molecule has 8 nitrogen and oxygen atoms in total. The lowest BCUT2D eigenvalue weighted by atomic mass is 9.92. The zero-order valence-electron chi connectivity index (χ0n) is 20.3. The van der Waals surface area contributed by atoms with E-state index < -0.39 is 12.2 Å². The minimum Gasteiger partial charge on any atom is -0.382 e. The predicted octanol–water partition coefficient (Wildman–Crippen LogP) is 2.14. The fourth-order valence-electron chi connectivity index (χ4n) is 3.58. The molecule has 0 spiro atoms. The van der Waals surface area contributed by atoms with Gasteiger partial charge < -0.3 is 39.9 Å². The summed E-state index contributed by atoms with van der Waals surface area (Å²) in [5.74, 6) is 0. The Balaban J connectivity index is 2.14. The van der Waals surface area contributed by atoms with Crippen LogP contribution in [0.25, 0.3) is 0 Å². The summed E-state index contributed by atoms with van der Waals surface area (Å²) in [5, 5.41) is 0. The molecule has 0 saturated heterocycles. The van der Waals surface area contributed by atoms with Gasteiger partial charge in [-0.3, -0.25) is 0 Å². The van der Waals surface area contributed by atoms with Gasteiger partial charge in [-0.25, -0.2) is 0 Å². The van der Waals surface area contributed by atoms with Gasteiger partial charge in [0.15, 0.2) is 0 Å². The van der Waals surface area contributed by atoms with Crippen molar-refractivity contribution in [1.82, 2.24) is 0 Å².